The minimum Gasteiger partial charge on any atom is -0.478 e. The summed E-state index contributed by atoms with van der Waals surface area (Å²) in [5.41, 5.74) is 0.433. The molecule has 0 fully saturated rings. The fourth-order valence-electron chi connectivity index (χ4n) is 4.68. The molecule has 0 heterocycles. The zero-order valence-electron chi connectivity index (χ0n) is 39.8. The number of carboxylic acids is 2. The van der Waals surface area contributed by atoms with Crippen LogP contribution in [0.1, 0.15) is 124 Å². The largest absolute Gasteiger partial charge is 0.478 e. The third kappa shape index (κ3) is 58.6. The zero-order chi connectivity index (χ0) is 51.9. The summed E-state index contributed by atoms with van der Waals surface area (Å²) in [6.45, 7) is 15.9. The van der Waals surface area contributed by atoms with Gasteiger partial charge in [-0.05, 0) is 57.8 Å². The predicted octanol–water partition coefficient (Wildman–Crippen LogP) is 6.94. The average Bonchev–Trinajstić information content (AvgIpc) is 3.31. The van der Waals surface area contributed by atoms with Crippen molar-refractivity contribution in [2.45, 2.75) is 124 Å². The van der Waals surface area contributed by atoms with Crippen LogP contribution in [0.4, 0.5) is 9.59 Å². The number of aliphatic carboxylic acids is 2. The van der Waals surface area contributed by atoms with Crippen molar-refractivity contribution in [2.24, 2.45) is 20.9 Å². The van der Waals surface area contributed by atoms with Crippen LogP contribution >= 0.6 is 25.3 Å². The normalized spacial score (nSPS) is 10.0. The van der Waals surface area contributed by atoms with Gasteiger partial charge in [0.1, 0.15) is 0 Å². The number of isocyanates is 3. The molecule has 0 aliphatic carbocycles. The number of hydrogen-bond acceptors (Lipinski definition) is 17. The molecule has 67 heavy (non-hydrogen) atoms. The Morgan fingerprint density at radius 1 is 0.761 bits per heavy atom. The molecule has 382 valence electrons. The lowest BCUT2D eigenvalue weighted by Gasteiger charge is -2.22. The van der Waals surface area contributed by atoms with Crippen molar-refractivity contribution in [3.8, 4) is 0 Å². The summed E-state index contributed by atoms with van der Waals surface area (Å²) in [6.07, 6.45) is 20.7. The lowest BCUT2D eigenvalue weighted by molar-refractivity contribution is -0.139. The predicted molar refractivity (Wildman–Crippen MR) is 262 cm³/mol. The second-order valence-corrected chi connectivity index (χ2v) is 14.8. The van der Waals surface area contributed by atoms with Gasteiger partial charge in [0.05, 0.1) is 44.9 Å². The van der Waals surface area contributed by atoms with Crippen molar-refractivity contribution in [3.63, 3.8) is 0 Å². The molecule has 1 unspecified atom stereocenters. The summed E-state index contributed by atoms with van der Waals surface area (Å²) in [7, 11) is 1.33. The van der Waals surface area contributed by atoms with Crippen LogP contribution in [0.5, 0.6) is 0 Å². The van der Waals surface area contributed by atoms with Gasteiger partial charge >= 0.3 is 35.9 Å². The number of methoxy groups -OCH3 is 1. The number of amides is 4. The minimum atomic E-state index is -1.35. The maximum atomic E-state index is 12.6. The summed E-state index contributed by atoms with van der Waals surface area (Å²) < 4.78 is 9.26. The van der Waals surface area contributed by atoms with E-state index in [1.165, 1.54) is 49.2 Å². The maximum absolute atomic E-state index is 12.6. The third-order valence-corrected chi connectivity index (χ3v) is 8.84. The Hall–Kier alpha value is -5.36. The molecular weight excluding hydrogens is 913 g/mol. The first-order valence-corrected chi connectivity index (χ1v) is 23.2. The van der Waals surface area contributed by atoms with E-state index in [9.17, 15) is 43.2 Å². The number of esters is 2. The lowest BCUT2D eigenvalue weighted by atomic mass is 10.0. The van der Waals surface area contributed by atoms with Crippen LogP contribution in [-0.2, 0) is 43.0 Å². The Labute approximate surface area is 407 Å². The second kappa shape index (κ2) is 56.8. The highest BCUT2D eigenvalue weighted by Crippen LogP contribution is 2.13. The van der Waals surface area contributed by atoms with Crippen molar-refractivity contribution >= 4 is 79.4 Å². The van der Waals surface area contributed by atoms with Gasteiger partial charge in [-0.1, -0.05) is 84.8 Å². The summed E-state index contributed by atoms with van der Waals surface area (Å²) in [5.74, 6) is -2.23. The minimum absolute atomic E-state index is 0.184. The quantitative estimate of drug-likeness (QED) is 0.00897. The molecule has 20 nitrogen and oxygen atoms in total. The number of rotatable bonds is 32. The molecule has 0 saturated heterocycles. The van der Waals surface area contributed by atoms with E-state index >= 15 is 0 Å². The molecule has 0 aromatic rings. The first kappa shape index (κ1) is 70.7. The number of urea groups is 2. The standard InChI is InChI=1S/C23H38N6O5.C11H20O2.C5H8O2.C4H4O4S.C2H6OS/c30-19-24-13-7-1-3-10-16-27-22(33)29(18-12-6-5-9-15-26-21-32)23(34)28-17-11-4-2-8-14-25-20-31;1-4-7-8-10(5-2)9-13-11(12)6-3;1-4(2)5(6)7-3;5-3(6)1-2(9)4(7)8;3-1-2-4/h1-18H2,(H,27,33)(H,28,34);6,10H,3-5,7-9H2,1-2H3;1H2,2-3H3;1,9H,(H,5,6)(H,7,8);3-4H,1-2H2. The summed E-state index contributed by atoms with van der Waals surface area (Å²) in [6, 6.07) is -0.833. The number of carbonyl (C=O) groups is 6. The number of aliphatic imine (C=N–C) groups is 3. The average molecular weight is 989 g/mol. The number of ether oxygens (including phenoxy) is 2. The Morgan fingerprint density at radius 3 is 1.49 bits per heavy atom. The van der Waals surface area contributed by atoms with E-state index in [-0.39, 0.29) is 18.5 Å². The van der Waals surface area contributed by atoms with E-state index in [1.807, 2.05) is 0 Å². The number of carbonyl (C=O) groups excluding carboxylic acids is 7. The number of aliphatic hydroxyl groups excluding tert-OH is 1. The van der Waals surface area contributed by atoms with Crippen LogP contribution in [0.2, 0.25) is 0 Å². The van der Waals surface area contributed by atoms with Crippen molar-refractivity contribution in [1.29, 1.82) is 0 Å². The summed E-state index contributed by atoms with van der Waals surface area (Å²) in [5, 5.41) is 29.4. The molecule has 0 aliphatic rings. The number of aliphatic hydroxyl groups is 1. The van der Waals surface area contributed by atoms with Gasteiger partial charge in [0.15, 0.2) is 0 Å². The number of hydrogen-bond donors (Lipinski definition) is 7. The van der Waals surface area contributed by atoms with Crippen molar-refractivity contribution in [1.82, 2.24) is 15.5 Å². The smallest absolute Gasteiger partial charge is 0.342 e. The fraction of sp³-hybridized carbons (Fsp3) is 0.667. The number of thiol groups is 2. The molecule has 0 radical (unpaired) electrons. The highest BCUT2D eigenvalue weighted by molar-refractivity contribution is 7.85. The van der Waals surface area contributed by atoms with E-state index in [4.69, 9.17) is 20.1 Å². The monoisotopic (exact) mass is 988 g/mol. The van der Waals surface area contributed by atoms with Crippen molar-refractivity contribution in [2.75, 3.05) is 65.3 Å². The van der Waals surface area contributed by atoms with Gasteiger partial charge in [-0.25, -0.2) is 63.0 Å². The molecule has 4 amide bonds. The maximum Gasteiger partial charge on any atom is 0.342 e. The molecule has 0 spiro atoms. The number of nitrogens with zero attached hydrogens (tertiary/aromatic N) is 4. The van der Waals surface area contributed by atoms with Crippen molar-refractivity contribution in [3.05, 3.63) is 35.8 Å². The Balaban J connectivity index is -0.000000312. The number of unbranched alkanes of at least 4 members (excludes halogenated alkanes) is 10. The molecule has 0 aromatic heterocycles. The molecule has 0 rings (SSSR count). The van der Waals surface area contributed by atoms with Crippen LogP contribution in [0, 0.1) is 5.92 Å². The van der Waals surface area contributed by atoms with E-state index in [0.29, 0.717) is 75.6 Å². The van der Waals surface area contributed by atoms with Gasteiger partial charge in [0.2, 0.25) is 18.2 Å². The Kier molecular flexibility index (Phi) is 59.9. The molecule has 0 aliphatic heterocycles. The second-order valence-electron chi connectivity index (χ2n) is 13.9. The third-order valence-electron chi connectivity index (χ3n) is 8.32. The van der Waals surface area contributed by atoms with Crippen molar-refractivity contribution < 1.29 is 67.9 Å². The highest BCUT2D eigenvalue weighted by atomic mass is 32.1. The molecule has 0 saturated carbocycles. The van der Waals surface area contributed by atoms with Gasteiger partial charge in [0, 0.05) is 43.1 Å². The summed E-state index contributed by atoms with van der Waals surface area (Å²) >= 11 is 7.02. The van der Waals surface area contributed by atoms with Crippen LogP contribution in [0.25, 0.3) is 0 Å². The van der Waals surface area contributed by atoms with Crippen LogP contribution < -0.4 is 10.6 Å². The Morgan fingerprint density at radius 2 is 1.19 bits per heavy atom. The lowest BCUT2D eigenvalue weighted by Crippen LogP contribution is -2.49. The first-order valence-electron chi connectivity index (χ1n) is 22.1. The summed E-state index contributed by atoms with van der Waals surface area (Å²) in [4.78, 5) is 107. The van der Waals surface area contributed by atoms with Gasteiger partial charge in [-0.15, -0.1) is 12.6 Å². The van der Waals surface area contributed by atoms with Gasteiger partial charge in [-0.3, -0.25) is 0 Å². The molecule has 1 atom stereocenters. The van der Waals surface area contributed by atoms with Gasteiger partial charge in [-0.2, -0.15) is 12.6 Å². The molecule has 22 heteroatoms. The highest BCUT2D eigenvalue weighted by Gasteiger charge is 2.20. The molecular formula is C45H76N6O14S2. The van der Waals surface area contributed by atoms with E-state index in [1.54, 1.807) is 6.92 Å². The van der Waals surface area contributed by atoms with Crippen LogP contribution in [0.15, 0.2) is 50.8 Å². The first-order chi connectivity index (χ1) is 32.0. The number of carboxylic acid groups (broad SMARTS) is 2. The van der Waals surface area contributed by atoms with Gasteiger partial charge < -0.3 is 35.4 Å². The van der Waals surface area contributed by atoms with E-state index in [2.05, 4.69) is 82.6 Å². The number of imide groups is 1. The van der Waals surface area contributed by atoms with E-state index < -0.39 is 28.9 Å². The molecule has 0 bridgehead atoms. The van der Waals surface area contributed by atoms with Crippen LogP contribution in [0.3, 0.4) is 0 Å². The SMILES string of the molecule is C=C(C)C(=O)OC.C=CC(=O)OCC(CC)CCCC.O=C(O)C=C(S)C(=O)O.O=C=NCCCCCCNC(=O)N(CCCCCCN=C=O)C(=O)NCCCCCCN=C=O.OCCS. The van der Waals surface area contributed by atoms with Crippen LogP contribution in [-0.4, -0.2) is 140 Å². The number of nitrogens with one attached hydrogen (secondary N) is 2. The Bertz CT molecular complexity index is 1500. The fourth-order valence-corrected chi connectivity index (χ4v) is 4.79. The topological polar surface area (TPSA) is 297 Å². The molecule has 5 N–H and O–H groups in total. The molecule has 0 aromatic carbocycles. The van der Waals surface area contributed by atoms with Gasteiger partial charge in [0.25, 0.3) is 0 Å². The zero-order valence-corrected chi connectivity index (χ0v) is 41.6. The van der Waals surface area contributed by atoms with E-state index in [0.717, 1.165) is 83.5 Å².